The summed E-state index contributed by atoms with van der Waals surface area (Å²) in [5.74, 6) is -1.23. The van der Waals surface area contributed by atoms with Crippen molar-refractivity contribution in [1.29, 1.82) is 0 Å². The Bertz CT molecular complexity index is 1270. The predicted molar refractivity (Wildman–Crippen MR) is 119 cm³/mol. The van der Waals surface area contributed by atoms with Crippen molar-refractivity contribution in [2.75, 3.05) is 6.61 Å². The third-order valence-electron chi connectivity index (χ3n) is 5.84. The lowest BCUT2D eigenvalue weighted by molar-refractivity contribution is -0.139. The number of nitrogens with zero attached hydrogens (tertiary/aromatic N) is 2. The Morgan fingerprint density at radius 3 is 2.38 bits per heavy atom. The lowest BCUT2D eigenvalue weighted by atomic mass is 9.98. The number of alkyl carbamates (subject to hydrolysis) is 1. The van der Waals surface area contributed by atoms with Crippen LogP contribution in [-0.4, -0.2) is 39.4 Å². The average molecular weight is 427 g/mol. The van der Waals surface area contributed by atoms with Crippen molar-refractivity contribution in [2.24, 2.45) is 0 Å². The quantitative estimate of drug-likeness (QED) is 0.485. The summed E-state index contributed by atoms with van der Waals surface area (Å²) >= 11 is 0. The molecule has 5 rings (SSSR count). The molecule has 1 atom stereocenters. The van der Waals surface area contributed by atoms with E-state index in [0.29, 0.717) is 5.65 Å². The van der Waals surface area contributed by atoms with E-state index in [1.54, 1.807) is 17.0 Å². The third-order valence-corrected chi connectivity index (χ3v) is 5.84. The van der Waals surface area contributed by atoms with Gasteiger partial charge in [0.2, 0.25) is 0 Å². The largest absolute Gasteiger partial charge is 0.480 e. The minimum Gasteiger partial charge on any atom is -0.480 e. The normalized spacial score (nSPS) is 13.4. The van der Waals surface area contributed by atoms with E-state index in [1.807, 2.05) is 54.6 Å². The molecule has 1 aliphatic carbocycles. The summed E-state index contributed by atoms with van der Waals surface area (Å²) in [6.07, 6.45) is 2.64. The van der Waals surface area contributed by atoms with Crippen molar-refractivity contribution in [3.8, 4) is 11.1 Å². The van der Waals surface area contributed by atoms with Crippen LogP contribution < -0.4 is 5.32 Å². The first kappa shape index (κ1) is 19.8. The molecule has 0 saturated heterocycles. The van der Waals surface area contributed by atoms with Gasteiger partial charge in [-0.05, 0) is 40.5 Å². The number of fused-ring (bicyclic) bond motifs is 4. The van der Waals surface area contributed by atoms with Crippen molar-refractivity contribution in [1.82, 2.24) is 14.9 Å². The van der Waals surface area contributed by atoms with E-state index in [9.17, 15) is 14.7 Å². The van der Waals surface area contributed by atoms with E-state index in [4.69, 9.17) is 4.74 Å². The Morgan fingerprint density at radius 2 is 1.69 bits per heavy atom. The van der Waals surface area contributed by atoms with Gasteiger partial charge in [-0.1, -0.05) is 48.5 Å². The van der Waals surface area contributed by atoms with Crippen LogP contribution in [0.2, 0.25) is 0 Å². The summed E-state index contributed by atoms with van der Waals surface area (Å²) in [6.45, 7) is 0.167. The van der Waals surface area contributed by atoms with Gasteiger partial charge in [0.15, 0.2) is 0 Å². The smallest absolute Gasteiger partial charge is 0.407 e. The van der Waals surface area contributed by atoms with Crippen molar-refractivity contribution in [3.63, 3.8) is 0 Å². The van der Waals surface area contributed by atoms with Crippen molar-refractivity contribution < 1.29 is 19.4 Å². The summed E-state index contributed by atoms with van der Waals surface area (Å²) < 4.78 is 7.19. The van der Waals surface area contributed by atoms with Crippen LogP contribution >= 0.6 is 0 Å². The maximum Gasteiger partial charge on any atom is 0.407 e. The first-order valence-electron chi connectivity index (χ1n) is 10.4. The standard InChI is InChI=1S/C25H21N3O4/c29-24(30)22(14-28-13-11-16-6-5-12-26-23(16)28)27-25(31)32-15-21-19-9-3-1-7-17(19)18-8-2-4-10-20(18)21/h1-13,21-22H,14-15H2,(H,27,31)(H,29,30). The van der Waals surface area contributed by atoms with Gasteiger partial charge in [0.25, 0.3) is 0 Å². The number of hydrogen-bond acceptors (Lipinski definition) is 4. The lowest BCUT2D eigenvalue weighted by Gasteiger charge is -2.18. The minimum absolute atomic E-state index is 0.0417. The van der Waals surface area contributed by atoms with Gasteiger partial charge in [-0.15, -0.1) is 0 Å². The van der Waals surface area contributed by atoms with Crippen LogP contribution in [0.25, 0.3) is 22.2 Å². The fourth-order valence-corrected chi connectivity index (χ4v) is 4.33. The number of aliphatic carboxylic acids is 1. The van der Waals surface area contributed by atoms with E-state index in [-0.39, 0.29) is 19.1 Å². The van der Waals surface area contributed by atoms with Gasteiger partial charge in [-0.2, -0.15) is 0 Å². The zero-order chi connectivity index (χ0) is 22.1. The van der Waals surface area contributed by atoms with Gasteiger partial charge in [-0.25, -0.2) is 14.6 Å². The number of nitrogens with one attached hydrogen (secondary N) is 1. The fourth-order valence-electron chi connectivity index (χ4n) is 4.33. The second kappa shape index (κ2) is 8.19. The van der Waals surface area contributed by atoms with Gasteiger partial charge >= 0.3 is 12.1 Å². The van der Waals surface area contributed by atoms with Crippen LogP contribution in [0, 0.1) is 0 Å². The highest BCUT2D eigenvalue weighted by Crippen LogP contribution is 2.44. The van der Waals surface area contributed by atoms with Gasteiger partial charge in [-0.3, -0.25) is 0 Å². The molecule has 1 aliphatic rings. The molecule has 7 heteroatoms. The van der Waals surface area contributed by atoms with E-state index in [2.05, 4.69) is 22.4 Å². The third kappa shape index (κ3) is 3.58. The zero-order valence-electron chi connectivity index (χ0n) is 17.1. The highest BCUT2D eigenvalue weighted by molar-refractivity contribution is 5.81. The summed E-state index contributed by atoms with van der Waals surface area (Å²) in [4.78, 5) is 28.6. The SMILES string of the molecule is O=C(NC(Cn1ccc2cccnc21)C(=O)O)OCC1c2ccccc2-c2ccccc21. The first-order valence-corrected chi connectivity index (χ1v) is 10.4. The Morgan fingerprint density at radius 1 is 1.00 bits per heavy atom. The van der Waals surface area contributed by atoms with Gasteiger partial charge in [0.05, 0.1) is 6.54 Å². The Kier molecular flexibility index (Phi) is 5.07. The van der Waals surface area contributed by atoms with Crippen LogP contribution in [0.15, 0.2) is 79.1 Å². The maximum absolute atomic E-state index is 12.5. The fraction of sp³-hybridized carbons (Fsp3) is 0.160. The van der Waals surface area contributed by atoms with Crippen molar-refractivity contribution in [3.05, 3.63) is 90.3 Å². The minimum atomic E-state index is -1.15. The summed E-state index contributed by atoms with van der Waals surface area (Å²) in [7, 11) is 0. The van der Waals surface area contributed by atoms with E-state index >= 15 is 0 Å². The first-order chi connectivity index (χ1) is 15.6. The van der Waals surface area contributed by atoms with Gasteiger partial charge in [0, 0.05) is 23.7 Å². The molecule has 4 aromatic rings. The van der Waals surface area contributed by atoms with E-state index in [1.165, 1.54) is 0 Å². The van der Waals surface area contributed by atoms with Crippen LogP contribution in [-0.2, 0) is 16.1 Å². The molecule has 2 heterocycles. The molecule has 7 nitrogen and oxygen atoms in total. The topological polar surface area (TPSA) is 93.5 Å². The lowest BCUT2D eigenvalue weighted by Crippen LogP contribution is -2.44. The number of carboxylic acid groups (broad SMARTS) is 1. The number of pyridine rings is 1. The number of benzene rings is 2. The Balaban J connectivity index is 1.28. The number of aromatic nitrogens is 2. The monoisotopic (exact) mass is 427 g/mol. The molecule has 0 spiro atoms. The van der Waals surface area contributed by atoms with Gasteiger partial charge < -0.3 is 19.7 Å². The molecule has 32 heavy (non-hydrogen) atoms. The molecular weight excluding hydrogens is 406 g/mol. The number of hydrogen-bond donors (Lipinski definition) is 2. The molecule has 0 fully saturated rings. The molecule has 1 unspecified atom stereocenters. The molecule has 160 valence electrons. The van der Waals surface area contributed by atoms with Gasteiger partial charge in [0.1, 0.15) is 18.3 Å². The molecule has 0 radical (unpaired) electrons. The molecule has 0 bridgehead atoms. The number of carbonyl (C=O) groups is 2. The highest BCUT2D eigenvalue weighted by Gasteiger charge is 2.30. The molecule has 2 aromatic carbocycles. The number of carbonyl (C=O) groups excluding carboxylic acids is 1. The average Bonchev–Trinajstić information content (AvgIpc) is 3.36. The number of ether oxygens (including phenoxy) is 1. The summed E-state index contributed by atoms with van der Waals surface area (Å²) in [6, 6.07) is 20.5. The van der Waals surface area contributed by atoms with Crippen LogP contribution in [0.5, 0.6) is 0 Å². The molecule has 1 amide bonds. The molecule has 0 saturated carbocycles. The second-order valence-electron chi connectivity index (χ2n) is 7.75. The second-order valence-corrected chi connectivity index (χ2v) is 7.75. The van der Waals surface area contributed by atoms with E-state index < -0.39 is 18.1 Å². The summed E-state index contributed by atoms with van der Waals surface area (Å²) in [5, 5.41) is 13.0. The van der Waals surface area contributed by atoms with E-state index in [0.717, 1.165) is 27.6 Å². The summed E-state index contributed by atoms with van der Waals surface area (Å²) in [5.41, 5.74) is 5.12. The van der Waals surface area contributed by atoms with Crippen LogP contribution in [0.3, 0.4) is 0 Å². The van der Waals surface area contributed by atoms with Crippen LogP contribution in [0.4, 0.5) is 4.79 Å². The Hall–Kier alpha value is -4.13. The highest BCUT2D eigenvalue weighted by atomic mass is 16.5. The molecular formula is C25H21N3O4. The molecule has 2 N–H and O–H groups in total. The predicted octanol–water partition coefficient (Wildman–Crippen LogP) is 4.03. The number of carboxylic acids is 1. The van der Waals surface area contributed by atoms with Crippen molar-refractivity contribution in [2.45, 2.75) is 18.5 Å². The maximum atomic E-state index is 12.5. The molecule has 2 aromatic heterocycles. The number of rotatable bonds is 6. The Labute approximate surface area is 184 Å². The van der Waals surface area contributed by atoms with Crippen LogP contribution in [0.1, 0.15) is 17.0 Å². The van der Waals surface area contributed by atoms with Crippen molar-refractivity contribution >= 4 is 23.1 Å². The number of amides is 1. The molecule has 0 aliphatic heterocycles. The zero-order valence-corrected chi connectivity index (χ0v) is 17.1.